The van der Waals surface area contributed by atoms with Crippen molar-refractivity contribution in [3.63, 3.8) is 0 Å². The SMILES string of the molecule is O=C(N[C@@H]1C[C@H]2CC[C@@H]1N2)c1ccc(Sc2ccnc(C(F)(F)F)c2)cc1. The molecule has 0 saturated carbocycles. The molecule has 2 saturated heterocycles. The molecule has 2 aromatic rings. The van der Waals surface area contributed by atoms with Gasteiger partial charge in [-0.3, -0.25) is 9.78 Å². The second-order valence-electron chi connectivity index (χ2n) is 6.86. The van der Waals surface area contributed by atoms with E-state index in [1.54, 1.807) is 24.3 Å². The molecule has 0 radical (unpaired) electrons. The first-order valence-corrected chi connectivity index (χ1v) is 9.58. The third-order valence-corrected chi connectivity index (χ3v) is 5.99. The molecule has 1 amide bonds. The van der Waals surface area contributed by atoms with Crippen LogP contribution in [0.25, 0.3) is 0 Å². The molecule has 2 N–H and O–H groups in total. The van der Waals surface area contributed by atoms with E-state index in [-0.39, 0.29) is 11.9 Å². The Hall–Kier alpha value is -2.06. The van der Waals surface area contributed by atoms with Crippen molar-refractivity contribution >= 4 is 17.7 Å². The number of nitrogens with one attached hydrogen (secondary N) is 2. The number of aromatic nitrogens is 1. The zero-order valence-corrected chi connectivity index (χ0v) is 15.1. The molecule has 0 aliphatic carbocycles. The largest absolute Gasteiger partial charge is 0.433 e. The van der Waals surface area contributed by atoms with E-state index in [1.807, 2.05) is 0 Å². The molecule has 142 valence electrons. The number of rotatable bonds is 4. The number of hydrogen-bond acceptors (Lipinski definition) is 4. The summed E-state index contributed by atoms with van der Waals surface area (Å²) in [6.07, 6.45) is -0.0810. The van der Waals surface area contributed by atoms with Crippen LogP contribution >= 0.6 is 11.8 Å². The van der Waals surface area contributed by atoms with Gasteiger partial charge < -0.3 is 10.6 Å². The van der Waals surface area contributed by atoms with Gasteiger partial charge in [0.25, 0.3) is 5.91 Å². The third-order valence-electron chi connectivity index (χ3n) is 4.99. The van der Waals surface area contributed by atoms with Crippen LogP contribution < -0.4 is 10.6 Å². The smallest absolute Gasteiger partial charge is 0.348 e. The number of carbonyl (C=O) groups is 1. The summed E-state index contributed by atoms with van der Waals surface area (Å²) in [7, 11) is 0. The summed E-state index contributed by atoms with van der Waals surface area (Å²) in [6.45, 7) is 0. The van der Waals surface area contributed by atoms with Crippen molar-refractivity contribution in [3.8, 4) is 0 Å². The molecule has 3 heterocycles. The van der Waals surface area contributed by atoms with Crippen LogP contribution in [-0.2, 0) is 6.18 Å². The maximum absolute atomic E-state index is 12.8. The van der Waals surface area contributed by atoms with Crippen molar-refractivity contribution in [1.82, 2.24) is 15.6 Å². The van der Waals surface area contributed by atoms with Crippen molar-refractivity contribution in [2.75, 3.05) is 0 Å². The number of halogens is 3. The number of hydrogen-bond donors (Lipinski definition) is 2. The lowest BCUT2D eigenvalue weighted by Gasteiger charge is -2.21. The van der Waals surface area contributed by atoms with Crippen LogP contribution in [0.4, 0.5) is 13.2 Å². The fourth-order valence-corrected chi connectivity index (χ4v) is 4.52. The molecule has 2 aliphatic heterocycles. The number of fused-ring (bicyclic) bond motifs is 2. The van der Waals surface area contributed by atoms with E-state index in [4.69, 9.17) is 0 Å². The molecule has 27 heavy (non-hydrogen) atoms. The van der Waals surface area contributed by atoms with Gasteiger partial charge in [-0.1, -0.05) is 11.8 Å². The predicted molar refractivity (Wildman–Crippen MR) is 95.6 cm³/mol. The summed E-state index contributed by atoms with van der Waals surface area (Å²) in [5.41, 5.74) is -0.365. The second-order valence-corrected chi connectivity index (χ2v) is 8.01. The Morgan fingerprint density at radius 1 is 1.15 bits per heavy atom. The number of pyridine rings is 1. The number of benzene rings is 1. The highest BCUT2D eigenvalue weighted by atomic mass is 32.2. The van der Waals surface area contributed by atoms with Crippen LogP contribution in [0.3, 0.4) is 0 Å². The molecule has 3 atom stereocenters. The van der Waals surface area contributed by atoms with Crippen LogP contribution in [0.5, 0.6) is 0 Å². The van der Waals surface area contributed by atoms with E-state index in [0.717, 1.165) is 30.0 Å². The molecule has 4 nitrogen and oxygen atoms in total. The minimum atomic E-state index is -4.47. The summed E-state index contributed by atoms with van der Waals surface area (Å²) < 4.78 is 38.3. The molecular weight excluding hydrogens is 375 g/mol. The summed E-state index contributed by atoms with van der Waals surface area (Å²) in [5, 5.41) is 6.56. The van der Waals surface area contributed by atoms with Crippen LogP contribution in [0, 0.1) is 0 Å². The number of nitrogens with zero attached hydrogens (tertiary/aromatic N) is 1. The lowest BCUT2D eigenvalue weighted by Crippen LogP contribution is -2.42. The highest BCUT2D eigenvalue weighted by Gasteiger charge is 2.39. The van der Waals surface area contributed by atoms with Crippen LogP contribution in [0.15, 0.2) is 52.4 Å². The Bertz CT molecular complexity index is 841. The maximum atomic E-state index is 12.8. The van der Waals surface area contributed by atoms with E-state index in [1.165, 1.54) is 24.2 Å². The van der Waals surface area contributed by atoms with Crippen molar-refractivity contribution < 1.29 is 18.0 Å². The normalized spacial score (nSPS) is 24.2. The van der Waals surface area contributed by atoms with Gasteiger partial charge in [0.2, 0.25) is 0 Å². The number of carbonyl (C=O) groups excluding carboxylic acids is 1. The quantitative estimate of drug-likeness (QED) is 0.828. The Morgan fingerprint density at radius 3 is 2.56 bits per heavy atom. The molecule has 8 heteroatoms. The van der Waals surface area contributed by atoms with Crippen molar-refractivity contribution in [1.29, 1.82) is 0 Å². The van der Waals surface area contributed by atoms with Crippen molar-refractivity contribution in [2.45, 2.75) is 53.4 Å². The van der Waals surface area contributed by atoms with Gasteiger partial charge in [0.15, 0.2) is 0 Å². The Kier molecular flexibility index (Phi) is 4.86. The first kappa shape index (κ1) is 18.3. The highest BCUT2D eigenvalue weighted by molar-refractivity contribution is 7.99. The second kappa shape index (κ2) is 7.16. The number of alkyl halides is 3. The molecular formula is C19H18F3N3OS. The monoisotopic (exact) mass is 393 g/mol. The van der Waals surface area contributed by atoms with E-state index in [0.29, 0.717) is 22.5 Å². The fraction of sp³-hybridized carbons (Fsp3) is 0.368. The maximum Gasteiger partial charge on any atom is 0.433 e. The molecule has 2 fully saturated rings. The fourth-order valence-electron chi connectivity index (χ4n) is 3.68. The van der Waals surface area contributed by atoms with Gasteiger partial charge in [0, 0.05) is 39.7 Å². The number of amides is 1. The first-order valence-electron chi connectivity index (χ1n) is 8.76. The summed E-state index contributed by atoms with van der Waals surface area (Å²) in [6, 6.07) is 10.5. The summed E-state index contributed by atoms with van der Waals surface area (Å²) in [5.74, 6) is -0.117. The minimum Gasteiger partial charge on any atom is -0.348 e. The average molecular weight is 393 g/mol. The van der Waals surface area contributed by atoms with E-state index >= 15 is 0 Å². The third kappa shape index (κ3) is 4.11. The van der Waals surface area contributed by atoms with Gasteiger partial charge in [0.05, 0.1) is 0 Å². The van der Waals surface area contributed by atoms with E-state index in [2.05, 4.69) is 15.6 Å². The zero-order valence-electron chi connectivity index (χ0n) is 14.3. The van der Waals surface area contributed by atoms with Crippen molar-refractivity contribution in [3.05, 3.63) is 53.9 Å². The molecule has 2 aliphatic rings. The van der Waals surface area contributed by atoms with Gasteiger partial charge in [-0.15, -0.1) is 0 Å². The molecule has 0 unspecified atom stereocenters. The molecule has 2 bridgehead atoms. The Labute approximate surface area is 158 Å². The summed E-state index contributed by atoms with van der Waals surface area (Å²) >= 11 is 1.20. The molecule has 1 aromatic heterocycles. The zero-order chi connectivity index (χ0) is 19.0. The molecule has 4 rings (SSSR count). The molecule has 1 aromatic carbocycles. The van der Waals surface area contributed by atoms with E-state index in [9.17, 15) is 18.0 Å². The lowest BCUT2D eigenvalue weighted by atomic mass is 9.95. The van der Waals surface area contributed by atoms with E-state index < -0.39 is 11.9 Å². The Balaban J connectivity index is 1.39. The van der Waals surface area contributed by atoms with Crippen molar-refractivity contribution in [2.24, 2.45) is 0 Å². The van der Waals surface area contributed by atoms with Crippen LogP contribution in [0.2, 0.25) is 0 Å². The minimum absolute atomic E-state index is 0.117. The average Bonchev–Trinajstić information content (AvgIpc) is 3.25. The topological polar surface area (TPSA) is 54.0 Å². The Morgan fingerprint density at radius 2 is 1.93 bits per heavy atom. The van der Waals surface area contributed by atoms with Crippen LogP contribution in [0.1, 0.15) is 35.3 Å². The van der Waals surface area contributed by atoms with Gasteiger partial charge in [0.1, 0.15) is 5.69 Å². The van der Waals surface area contributed by atoms with Gasteiger partial charge in [-0.2, -0.15) is 13.2 Å². The van der Waals surface area contributed by atoms with Crippen LogP contribution in [-0.4, -0.2) is 29.0 Å². The van der Waals surface area contributed by atoms with Gasteiger partial charge in [-0.25, -0.2) is 0 Å². The predicted octanol–water partition coefficient (Wildman–Crippen LogP) is 3.87. The van der Waals surface area contributed by atoms with Gasteiger partial charge >= 0.3 is 6.18 Å². The lowest BCUT2D eigenvalue weighted by molar-refractivity contribution is -0.141. The summed E-state index contributed by atoms with van der Waals surface area (Å²) in [4.78, 5) is 17.0. The highest BCUT2D eigenvalue weighted by Crippen LogP contribution is 2.33. The van der Waals surface area contributed by atoms with Gasteiger partial charge in [-0.05, 0) is 55.7 Å². The first-order chi connectivity index (χ1) is 12.9. The standard InChI is InChI=1S/C19H18F3N3OS/c20-19(21,22)17-10-14(7-8-23-17)27-13-4-1-11(2-5-13)18(26)25-16-9-12-3-6-15(16)24-12/h1-2,4-5,7-8,10,12,15-16,24H,3,6,9H2,(H,25,26)/t12-,15+,16-/m1/s1. The molecule has 0 spiro atoms.